The average molecular weight is 589 g/mol. The molecule has 0 bridgehead atoms. The van der Waals surface area contributed by atoms with Gasteiger partial charge in [0.2, 0.25) is 0 Å². The lowest BCUT2D eigenvalue weighted by atomic mass is 9.59. The van der Waals surface area contributed by atoms with Gasteiger partial charge in [-0.3, -0.25) is 0 Å². The third kappa shape index (κ3) is 2.91. The summed E-state index contributed by atoms with van der Waals surface area (Å²) in [4.78, 5) is 0. The van der Waals surface area contributed by atoms with Crippen LogP contribution in [0.15, 0.2) is 90.1 Å². The van der Waals surface area contributed by atoms with Crippen LogP contribution in [0.2, 0.25) is 0 Å². The van der Waals surface area contributed by atoms with Gasteiger partial charge in [-0.25, -0.2) is 0 Å². The first kappa shape index (κ1) is 25.6. The first-order valence-corrected chi connectivity index (χ1v) is 17.3. The summed E-state index contributed by atoms with van der Waals surface area (Å²) in [5, 5.41) is 2.86. The Hall–Kier alpha value is -4.60. The first-order chi connectivity index (χ1) is 22.3. The molecule has 0 heterocycles. The molecule has 2 atom stereocenters. The molecule has 2 unspecified atom stereocenters. The van der Waals surface area contributed by atoms with Crippen LogP contribution in [0.3, 0.4) is 0 Å². The lowest BCUT2D eigenvalue weighted by Crippen LogP contribution is -2.37. The highest BCUT2D eigenvalue weighted by molar-refractivity contribution is 6.18. The van der Waals surface area contributed by atoms with E-state index in [4.69, 9.17) is 0 Å². The molecular weight excluding hydrogens is 553 g/mol. The highest BCUT2D eigenvalue weighted by Crippen LogP contribution is 2.60. The molecule has 0 saturated carbocycles. The first-order valence-electron chi connectivity index (χ1n) is 17.3. The van der Waals surface area contributed by atoms with Crippen LogP contribution in [0.5, 0.6) is 0 Å². The van der Waals surface area contributed by atoms with Gasteiger partial charge < -0.3 is 0 Å². The van der Waals surface area contributed by atoms with Crippen molar-refractivity contribution in [3.05, 3.63) is 135 Å². The molecule has 0 fully saturated rings. The number of aryl methyl sites for hydroxylation is 1. The summed E-state index contributed by atoms with van der Waals surface area (Å²) in [6, 6.07) is 19.9. The highest BCUT2D eigenvalue weighted by Gasteiger charge is 2.47. The van der Waals surface area contributed by atoms with E-state index in [2.05, 4.69) is 125 Å². The second-order valence-electron chi connectivity index (χ2n) is 15.7. The number of rotatable bonds is 0. The smallest absolute Gasteiger partial charge is 0.0568 e. The second kappa shape index (κ2) is 8.21. The maximum atomic E-state index is 3.65. The SMILES string of the molecule is CC1(C)c2cc3c(cc2C(C)(C)c2cc4c(cc21)-c1cccc2c5c(cc-4c12)CCC=C5)C1=CC#CC2C4=C(C=C3C12)CCC=C4. The Bertz CT molecular complexity index is 2410. The largest absolute Gasteiger partial charge is 0.0893 e. The van der Waals surface area contributed by atoms with Crippen molar-refractivity contribution in [1.82, 2.24) is 0 Å². The second-order valence-corrected chi connectivity index (χ2v) is 15.7. The maximum absolute atomic E-state index is 3.65. The minimum atomic E-state index is -0.127. The van der Waals surface area contributed by atoms with E-state index in [1.807, 2.05) is 0 Å². The average Bonchev–Trinajstić information content (AvgIpc) is 3.56. The fourth-order valence-corrected chi connectivity index (χ4v) is 10.4. The summed E-state index contributed by atoms with van der Waals surface area (Å²) in [6.45, 7) is 9.89. The molecule has 0 heteroatoms. The van der Waals surface area contributed by atoms with Crippen molar-refractivity contribution in [3.63, 3.8) is 0 Å². The summed E-state index contributed by atoms with van der Waals surface area (Å²) in [6.07, 6.45) is 18.7. The molecule has 7 aliphatic rings. The summed E-state index contributed by atoms with van der Waals surface area (Å²) in [5.41, 5.74) is 23.0. The van der Waals surface area contributed by atoms with Crippen LogP contribution in [-0.2, 0) is 17.3 Å². The highest BCUT2D eigenvalue weighted by atomic mass is 14.5. The number of hydrogen-bond donors (Lipinski definition) is 0. The Kier molecular flexibility index (Phi) is 4.56. The van der Waals surface area contributed by atoms with E-state index in [9.17, 15) is 0 Å². The minimum absolute atomic E-state index is 0.125. The van der Waals surface area contributed by atoms with Crippen molar-refractivity contribution in [2.45, 2.75) is 64.2 Å². The lowest BCUT2D eigenvalue weighted by molar-refractivity contribution is 0.521. The van der Waals surface area contributed by atoms with Gasteiger partial charge in [-0.2, -0.15) is 0 Å². The standard InChI is InChI=1S/C46H36/c1-45(2)39-21-33-31-17-9-15-29-28-14-8-6-12-26(28)20-38(43(29)31)36(33)24-42(39)46(3,4)40-22-34-32-18-10-16-30-27-13-7-5-11-25(27)19-37(44(30)32)35(34)23-41(40)45/h7-9,13-15,17-24,30,44H,5-6,11-12H2,1-4H3. The van der Waals surface area contributed by atoms with E-state index in [1.165, 1.54) is 99.8 Å². The van der Waals surface area contributed by atoms with E-state index in [-0.39, 0.29) is 16.7 Å². The van der Waals surface area contributed by atoms with Crippen molar-refractivity contribution in [2.24, 2.45) is 11.8 Å². The molecule has 46 heavy (non-hydrogen) atoms. The Balaban J connectivity index is 1.15. The summed E-state index contributed by atoms with van der Waals surface area (Å²) >= 11 is 0. The van der Waals surface area contributed by atoms with Gasteiger partial charge in [-0.05, 0) is 162 Å². The molecule has 0 spiro atoms. The van der Waals surface area contributed by atoms with Crippen LogP contribution in [-0.4, -0.2) is 0 Å². The Labute approximate surface area is 271 Å². The van der Waals surface area contributed by atoms with Gasteiger partial charge in [-0.15, -0.1) is 0 Å². The maximum Gasteiger partial charge on any atom is 0.0568 e. The zero-order valence-electron chi connectivity index (χ0n) is 27.1. The number of benzene rings is 4. The van der Waals surface area contributed by atoms with E-state index in [0.717, 1.165) is 25.7 Å². The van der Waals surface area contributed by atoms with Crippen molar-refractivity contribution in [2.75, 3.05) is 0 Å². The van der Waals surface area contributed by atoms with Gasteiger partial charge in [0.15, 0.2) is 0 Å². The molecule has 0 aromatic heterocycles. The normalized spacial score (nSPS) is 23.7. The minimum Gasteiger partial charge on any atom is -0.0893 e. The molecule has 220 valence electrons. The molecular formula is C46H36. The predicted molar refractivity (Wildman–Crippen MR) is 193 cm³/mol. The van der Waals surface area contributed by atoms with Gasteiger partial charge in [-0.1, -0.05) is 88.1 Å². The molecule has 0 nitrogen and oxygen atoms in total. The Morgan fingerprint density at radius 2 is 1.35 bits per heavy atom. The molecule has 4 aromatic carbocycles. The molecule has 0 saturated heterocycles. The van der Waals surface area contributed by atoms with Gasteiger partial charge in [0, 0.05) is 16.7 Å². The molecule has 0 N–H and O–H groups in total. The number of allylic oxidation sites excluding steroid dienone is 9. The van der Waals surface area contributed by atoms with Crippen LogP contribution in [0.25, 0.3) is 50.2 Å². The van der Waals surface area contributed by atoms with E-state index in [0.29, 0.717) is 5.92 Å². The molecule has 11 rings (SSSR count). The van der Waals surface area contributed by atoms with Crippen molar-refractivity contribution in [3.8, 4) is 34.1 Å². The molecule has 0 aliphatic heterocycles. The molecule has 0 amide bonds. The van der Waals surface area contributed by atoms with Crippen LogP contribution in [0.1, 0.15) is 91.5 Å². The van der Waals surface area contributed by atoms with E-state index in [1.54, 1.807) is 0 Å². The van der Waals surface area contributed by atoms with E-state index < -0.39 is 0 Å². The van der Waals surface area contributed by atoms with Gasteiger partial charge >= 0.3 is 0 Å². The topological polar surface area (TPSA) is 0 Å². The quantitative estimate of drug-likeness (QED) is 0.158. The van der Waals surface area contributed by atoms with Gasteiger partial charge in [0.05, 0.1) is 5.92 Å². The fourth-order valence-electron chi connectivity index (χ4n) is 10.4. The summed E-state index contributed by atoms with van der Waals surface area (Å²) in [7, 11) is 0. The van der Waals surface area contributed by atoms with Crippen LogP contribution in [0, 0.1) is 23.7 Å². The zero-order chi connectivity index (χ0) is 30.7. The van der Waals surface area contributed by atoms with Crippen molar-refractivity contribution >= 4 is 28.0 Å². The number of fused-ring (bicyclic) bond motifs is 11. The molecule has 7 aliphatic carbocycles. The number of hydrogen-bond acceptors (Lipinski definition) is 0. The van der Waals surface area contributed by atoms with Gasteiger partial charge in [0.25, 0.3) is 0 Å². The zero-order valence-corrected chi connectivity index (χ0v) is 27.1. The van der Waals surface area contributed by atoms with Crippen LogP contribution in [0.4, 0.5) is 0 Å². The Morgan fingerprint density at radius 3 is 2.13 bits per heavy atom. The monoisotopic (exact) mass is 588 g/mol. The van der Waals surface area contributed by atoms with Gasteiger partial charge in [0.1, 0.15) is 0 Å². The van der Waals surface area contributed by atoms with Crippen molar-refractivity contribution in [1.29, 1.82) is 0 Å². The molecule has 0 radical (unpaired) electrons. The van der Waals surface area contributed by atoms with Crippen LogP contribution < -0.4 is 0 Å². The summed E-state index contributed by atoms with van der Waals surface area (Å²) in [5.74, 6) is 7.76. The lowest BCUT2D eigenvalue weighted by Gasteiger charge is -2.44. The van der Waals surface area contributed by atoms with E-state index >= 15 is 0 Å². The third-order valence-electron chi connectivity index (χ3n) is 12.7. The third-order valence-corrected chi connectivity index (χ3v) is 12.7. The predicted octanol–water partition coefficient (Wildman–Crippen LogP) is 11.1. The fraction of sp³-hybridized carbons (Fsp3) is 0.261. The van der Waals surface area contributed by atoms with Crippen LogP contribution >= 0.6 is 0 Å². The molecule has 4 aromatic rings. The Morgan fingerprint density at radius 1 is 0.674 bits per heavy atom. The summed E-state index contributed by atoms with van der Waals surface area (Å²) < 4.78 is 0. The van der Waals surface area contributed by atoms with Crippen molar-refractivity contribution < 1.29 is 0 Å².